The molecule has 0 bridgehead atoms. The Kier molecular flexibility index (Phi) is 7.15. The quantitative estimate of drug-likeness (QED) is 0.174. The van der Waals surface area contributed by atoms with Crippen molar-refractivity contribution in [1.82, 2.24) is 4.98 Å². The summed E-state index contributed by atoms with van der Waals surface area (Å²) in [5.74, 6) is 0. The van der Waals surface area contributed by atoms with Gasteiger partial charge in [-0.05, 0) is 102 Å². The topological polar surface area (TPSA) is 12.9 Å². The van der Waals surface area contributed by atoms with Gasteiger partial charge in [-0.25, -0.2) is 4.98 Å². The molecule has 0 saturated carbocycles. The van der Waals surface area contributed by atoms with Crippen molar-refractivity contribution < 1.29 is 0 Å². The van der Waals surface area contributed by atoms with Crippen molar-refractivity contribution in [2.24, 2.45) is 0 Å². The lowest BCUT2D eigenvalue weighted by molar-refractivity contribution is 0.794. The maximum Gasteiger partial charge on any atom is 0.0725 e. The third-order valence-corrected chi connectivity index (χ3v) is 11.7. The fourth-order valence-corrected chi connectivity index (χ4v) is 9.22. The molecule has 256 valence electrons. The highest BCUT2D eigenvalue weighted by Gasteiger charge is 2.51. The van der Waals surface area contributed by atoms with E-state index in [0.29, 0.717) is 0 Å². The molecule has 2 aliphatic carbocycles. The summed E-state index contributed by atoms with van der Waals surface area (Å²) >= 11 is 0. The Morgan fingerprint density at radius 2 is 0.636 bits per heavy atom. The highest BCUT2D eigenvalue weighted by molar-refractivity contribution is 5.96. The maximum absolute atomic E-state index is 5.18. The van der Waals surface area contributed by atoms with Crippen molar-refractivity contribution >= 4 is 0 Å². The molecule has 0 aliphatic heterocycles. The lowest BCUT2D eigenvalue weighted by atomic mass is 9.70. The van der Waals surface area contributed by atoms with Gasteiger partial charge in [0.1, 0.15) is 0 Å². The SMILES string of the molecule is c1ccc(-c2cc(-c3ccccc3)nc(-c3cccc(-c4ccc(-c5ccc6c(c5)-c5ccccc5C65c6ccccc6-c6ccccc65)cc4)c3)c2)cc1. The number of nitrogens with zero attached hydrogens (tertiary/aromatic N) is 1. The summed E-state index contributed by atoms with van der Waals surface area (Å²) < 4.78 is 0. The molecule has 1 heterocycles. The highest BCUT2D eigenvalue weighted by Crippen LogP contribution is 2.62. The minimum atomic E-state index is -0.316. The van der Waals surface area contributed by atoms with Gasteiger partial charge in [0.05, 0.1) is 16.8 Å². The molecule has 11 rings (SSSR count). The largest absolute Gasteiger partial charge is 0.248 e. The van der Waals surface area contributed by atoms with Crippen molar-refractivity contribution in [1.29, 1.82) is 0 Å². The smallest absolute Gasteiger partial charge is 0.0725 e. The first kappa shape index (κ1) is 31.4. The fourth-order valence-electron chi connectivity index (χ4n) is 9.22. The first-order valence-electron chi connectivity index (χ1n) is 19.0. The van der Waals surface area contributed by atoms with E-state index in [2.05, 4.69) is 206 Å². The van der Waals surface area contributed by atoms with Crippen molar-refractivity contribution in [3.05, 3.63) is 235 Å². The fraction of sp³-hybridized carbons (Fsp3) is 0.0185. The van der Waals surface area contributed by atoms with Crippen LogP contribution < -0.4 is 0 Å². The molecular weight excluding hydrogens is 663 g/mol. The van der Waals surface area contributed by atoms with Crippen LogP contribution in [-0.4, -0.2) is 4.98 Å². The van der Waals surface area contributed by atoms with E-state index in [1.165, 1.54) is 72.3 Å². The van der Waals surface area contributed by atoms with Gasteiger partial charge in [0, 0.05) is 11.1 Å². The molecule has 0 amide bonds. The first-order chi connectivity index (χ1) is 27.3. The monoisotopic (exact) mass is 697 g/mol. The Morgan fingerprint density at radius 1 is 0.236 bits per heavy atom. The number of hydrogen-bond donors (Lipinski definition) is 0. The molecule has 55 heavy (non-hydrogen) atoms. The zero-order valence-electron chi connectivity index (χ0n) is 30.2. The molecule has 1 spiro atoms. The molecule has 1 aromatic heterocycles. The van der Waals surface area contributed by atoms with E-state index < -0.39 is 0 Å². The molecule has 9 aromatic rings. The first-order valence-corrected chi connectivity index (χ1v) is 19.0. The Bertz CT molecular complexity index is 2800. The van der Waals surface area contributed by atoms with E-state index in [-0.39, 0.29) is 5.41 Å². The van der Waals surface area contributed by atoms with Crippen LogP contribution in [0, 0.1) is 0 Å². The summed E-state index contributed by atoms with van der Waals surface area (Å²) in [6.45, 7) is 0. The van der Waals surface area contributed by atoms with Crippen LogP contribution in [0.15, 0.2) is 212 Å². The van der Waals surface area contributed by atoms with Crippen molar-refractivity contribution in [2.75, 3.05) is 0 Å². The molecule has 0 saturated heterocycles. The van der Waals surface area contributed by atoms with Gasteiger partial charge >= 0.3 is 0 Å². The van der Waals surface area contributed by atoms with E-state index in [1.807, 2.05) is 6.07 Å². The molecule has 8 aromatic carbocycles. The summed E-state index contributed by atoms with van der Waals surface area (Å²) in [5, 5.41) is 0. The number of pyridine rings is 1. The summed E-state index contributed by atoms with van der Waals surface area (Å²) in [6, 6.07) is 77.4. The van der Waals surface area contributed by atoms with E-state index in [4.69, 9.17) is 4.98 Å². The molecule has 1 heteroatoms. The molecule has 0 unspecified atom stereocenters. The van der Waals surface area contributed by atoms with Crippen LogP contribution in [0.2, 0.25) is 0 Å². The van der Waals surface area contributed by atoms with Gasteiger partial charge < -0.3 is 0 Å². The van der Waals surface area contributed by atoms with Crippen LogP contribution in [-0.2, 0) is 5.41 Å². The number of hydrogen-bond acceptors (Lipinski definition) is 1. The van der Waals surface area contributed by atoms with Crippen LogP contribution in [0.5, 0.6) is 0 Å². The van der Waals surface area contributed by atoms with Gasteiger partial charge in [0.15, 0.2) is 0 Å². The highest BCUT2D eigenvalue weighted by atomic mass is 14.7. The van der Waals surface area contributed by atoms with Gasteiger partial charge in [-0.2, -0.15) is 0 Å². The molecule has 0 N–H and O–H groups in total. The predicted molar refractivity (Wildman–Crippen MR) is 228 cm³/mol. The van der Waals surface area contributed by atoms with Gasteiger partial charge in [0.25, 0.3) is 0 Å². The minimum Gasteiger partial charge on any atom is -0.248 e. The number of rotatable bonds is 5. The van der Waals surface area contributed by atoms with Crippen molar-refractivity contribution in [2.45, 2.75) is 5.41 Å². The van der Waals surface area contributed by atoms with Gasteiger partial charge in [-0.3, -0.25) is 0 Å². The van der Waals surface area contributed by atoms with Crippen LogP contribution in [0.3, 0.4) is 0 Å². The van der Waals surface area contributed by atoms with Crippen LogP contribution in [0.1, 0.15) is 22.3 Å². The average molecular weight is 698 g/mol. The normalized spacial score (nSPS) is 12.9. The summed E-state index contributed by atoms with van der Waals surface area (Å²) in [7, 11) is 0. The number of aromatic nitrogens is 1. The van der Waals surface area contributed by atoms with Crippen LogP contribution in [0.25, 0.3) is 78.1 Å². The molecule has 0 fully saturated rings. The Labute approximate surface area is 321 Å². The average Bonchev–Trinajstić information content (AvgIpc) is 3.74. The Morgan fingerprint density at radius 3 is 1.24 bits per heavy atom. The molecule has 0 radical (unpaired) electrons. The second-order valence-electron chi connectivity index (χ2n) is 14.7. The maximum atomic E-state index is 5.18. The second kappa shape index (κ2) is 12.5. The standard InChI is InChI=1S/C54H35N/c1-3-14-36(15-4-1)43-34-52(39-16-5-2-6-17-39)55-53(35-43)42-19-13-18-40(32-42)37-26-28-38(29-27-37)41-30-31-51-47(33-41)46-22-9-12-25-50(46)54(51)48-23-10-7-20-44(48)45-21-8-11-24-49(45)54/h1-35H. The van der Waals surface area contributed by atoms with E-state index in [9.17, 15) is 0 Å². The molecule has 2 aliphatic rings. The minimum absolute atomic E-state index is 0.316. The van der Waals surface area contributed by atoms with Gasteiger partial charge in [-0.15, -0.1) is 0 Å². The molecular formula is C54H35N. The number of fused-ring (bicyclic) bond motifs is 10. The van der Waals surface area contributed by atoms with Crippen molar-refractivity contribution in [3.63, 3.8) is 0 Å². The van der Waals surface area contributed by atoms with E-state index in [0.717, 1.165) is 28.1 Å². The zero-order valence-corrected chi connectivity index (χ0v) is 30.2. The van der Waals surface area contributed by atoms with E-state index >= 15 is 0 Å². The predicted octanol–water partition coefficient (Wildman–Crippen LogP) is 13.8. The summed E-state index contributed by atoms with van der Waals surface area (Å²) in [5.41, 5.74) is 21.7. The van der Waals surface area contributed by atoms with Crippen molar-refractivity contribution in [3.8, 4) is 78.1 Å². The lowest BCUT2D eigenvalue weighted by Gasteiger charge is -2.30. The van der Waals surface area contributed by atoms with Crippen LogP contribution >= 0.6 is 0 Å². The summed E-state index contributed by atoms with van der Waals surface area (Å²) in [6.07, 6.45) is 0. The third-order valence-electron chi connectivity index (χ3n) is 11.7. The van der Waals surface area contributed by atoms with Crippen LogP contribution in [0.4, 0.5) is 0 Å². The van der Waals surface area contributed by atoms with Gasteiger partial charge in [0.2, 0.25) is 0 Å². The molecule has 1 nitrogen and oxygen atoms in total. The van der Waals surface area contributed by atoms with E-state index in [1.54, 1.807) is 0 Å². The zero-order chi connectivity index (χ0) is 36.3. The lowest BCUT2D eigenvalue weighted by Crippen LogP contribution is -2.25. The number of benzene rings is 8. The Balaban J connectivity index is 0.966. The second-order valence-corrected chi connectivity index (χ2v) is 14.7. The van der Waals surface area contributed by atoms with Gasteiger partial charge in [-0.1, -0.05) is 188 Å². The molecule has 0 atom stereocenters. The Hall–Kier alpha value is -7.09. The third kappa shape index (κ3) is 4.90. The summed E-state index contributed by atoms with van der Waals surface area (Å²) in [4.78, 5) is 5.18.